The highest BCUT2D eigenvalue weighted by molar-refractivity contribution is 5.67. The van der Waals surface area contributed by atoms with Gasteiger partial charge in [0.25, 0.3) is 0 Å². The number of amides is 1. The molecule has 3 aromatic heterocycles. The van der Waals surface area contributed by atoms with Gasteiger partial charge in [0, 0.05) is 51.5 Å². The van der Waals surface area contributed by atoms with Crippen LogP contribution in [-0.4, -0.2) is 85.9 Å². The number of pyridine rings is 1. The fourth-order valence-electron chi connectivity index (χ4n) is 8.01. The molecule has 1 atom stereocenters. The van der Waals surface area contributed by atoms with Crippen molar-refractivity contribution in [1.82, 2.24) is 33.9 Å². The van der Waals surface area contributed by atoms with Crippen molar-refractivity contribution in [3.8, 4) is 5.69 Å². The number of likely N-dealkylation sites (tertiary alicyclic amines) is 1. The number of ether oxygens (including phenoxy) is 4. The molecule has 16 heteroatoms. The SMILES string of the molecule is Cn1cnnc1[C@H](c1cccc(-n2cc3c(C(F)(F)F)cc(CN4CCC(OCCOCc5ccc(COCCNC(=O)OC(C)(C)C)cc5)CC4)cn3c2=O)c1)C1CCC1. The lowest BCUT2D eigenvalue weighted by molar-refractivity contribution is -0.136. The van der Waals surface area contributed by atoms with Crippen LogP contribution in [0.4, 0.5) is 18.0 Å². The highest BCUT2D eigenvalue weighted by Crippen LogP contribution is 2.43. The molecule has 1 amide bonds. The maximum absolute atomic E-state index is 14.6. The molecule has 1 aliphatic heterocycles. The van der Waals surface area contributed by atoms with Crippen LogP contribution in [0.5, 0.6) is 0 Å². The number of aromatic nitrogens is 5. The second-order valence-electron chi connectivity index (χ2n) is 17.1. The van der Waals surface area contributed by atoms with Crippen LogP contribution in [-0.2, 0) is 51.9 Å². The van der Waals surface area contributed by atoms with Crippen molar-refractivity contribution in [2.45, 2.75) is 96.4 Å². The van der Waals surface area contributed by atoms with Gasteiger partial charge in [-0.25, -0.2) is 9.59 Å². The lowest BCUT2D eigenvalue weighted by Gasteiger charge is -2.33. The van der Waals surface area contributed by atoms with E-state index in [2.05, 4.69) is 20.4 Å². The number of nitrogens with zero attached hydrogens (tertiary/aromatic N) is 6. The molecule has 328 valence electrons. The number of halogens is 3. The average Bonchev–Trinajstić information content (AvgIpc) is 3.77. The number of alkyl carbamates (subject to hydrolysis) is 1. The van der Waals surface area contributed by atoms with Gasteiger partial charge in [-0.1, -0.05) is 42.8 Å². The number of alkyl halides is 3. The van der Waals surface area contributed by atoms with Crippen LogP contribution in [0.15, 0.2) is 78.1 Å². The minimum atomic E-state index is -4.66. The van der Waals surface area contributed by atoms with Gasteiger partial charge >= 0.3 is 18.0 Å². The molecule has 1 N–H and O–H groups in total. The monoisotopic (exact) mass is 847 g/mol. The predicted octanol–water partition coefficient (Wildman–Crippen LogP) is 7.41. The Balaban J connectivity index is 0.879. The van der Waals surface area contributed by atoms with Gasteiger partial charge in [0.2, 0.25) is 0 Å². The molecule has 0 spiro atoms. The first kappa shape index (κ1) is 44.0. The summed E-state index contributed by atoms with van der Waals surface area (Å²) in [6, 6.07) is 16.6. The first-order valence-corrected chi connectivity index (χ1v) is 21.0. The van der Waals surface area contributed by atoms with E-state index in [1.165, 1.54) is 16.8 Å². The number of benzene rings is 2. The number of hydrogen-bond acceptors (Lipinski definition) is 9. The number of rotatable bonds is 17. The average molecular weight is 848 g/mol. The van der Waals surface area contributed by atoms with Crippen LogP contribution in [0.3, 0.4) is 0 Å². The third kappa shape index (κ3) is 11.5. The van der Waals surface area contributed by atoms with Crippen LogP contribution >= 0.6 is 0 Å². The van der Waals surface area contributed by atoms with Crippen LogP contribution in [0, 0.1) is 5.92 Å². The molecule has 2 fully saturated rings. The summed E-state index contributed by atoms with van der Waals surface area (Å²) in [5.41, 5.74) is 1.77. The molecule has 0 bridgehead atoms. The van der Waals surface area contributed by atoms with Gasteiger partial charge in [0.15, 0.2) is 0 Å². The van der Waals surface area contributed by atoms with E-state index in [9.17, 15) is 22.8 Å². The summed E-state index contributed by atoms with van der Waals surface area (Å²) in [6.07, 6.45) is 4.10. The van der Waals surface area contributed by atoms with Crippen LogP contribution < -0.4 is 11.0 Å². The van der Waals surface area contributed by atoms with E-state index in [0.29, 0.717) is 69.8 Å². The van der Waals surface area contributed by atoms with Crippen molar-refractivity contribution in [1.29, 1.82) is 0 Å². The molecule has 4 heterocycles. The third-order valence-corrected chi connectivity index (χ3v) is 11.3. The Kier molecular flexibility index (Phi) is 14.0. The topological polar surface area (TPSA) is 126 Å². The van der Waals surface area contributed by atoms with Gasteiger partial charge in [-0.2, -0.15) is 13.2 Å². The normalized spacial score (nSPS) is 16.2. The third-order valence-electron chi connectivity index (χ3n) is 11.3. The second-order valence-corrected chi connectivity index (χ2v) is 17.1. The summed E-state index contributed by atoms with van der Waals surface area (Å²) >= 11 is 0. The molecule has 0 unspecified atom stereocenters. The van der Waals surface area contributed by atoms with E-state index < -0.39 is 29.1 Å². The van der Waals surface area contributed by atoms with Gasteiger partial charge in [-0.05, 0) is 92.8 Å². The van der Waals surface area contributed by atoms with E-state index in [-0.39, 0.29) is 24.1 Å². The molecule has 2 aliphatic rings. The minimum absolute atomic E-state index is 0.0247. The molecule has 1 saturated heterocycles. The Hall–Kier alpha value is -5.03. The molecule has 1 saturated carbocycles. The highest BCUT2D eigenvalue weighted by Gasteiger charge is 2.36. The van der Waals surface area contributed by atoms with Crippen molar-refractivity contribution in [2.24, 2.45) is 13.0 Å². The summed E-state index contributed by atoms with van der Waals surface area (Å²) in [6.45, 7) is 9.46. The molecule has 2 aromatic carbocycles. The zero-order valence-corrected chi connectivity index (χ0v) is 35.3. The van der Waals surface area contributed by atoms with Crippen LogP contribution in [0.25, 0.3) is 11.2 Å². The van der Waals surface area contributed by atoms with Gasteiger partial charge in [-0.15, -0.1) is 10.2 Å². The largest absolute Gasteiger partial charge is 0.444 e. The first-order valence-electron chi connectivity index (χ1n) is 21.0. The van der Waals surface area contributed by atoms with Crippen LogP contribution in [0.2, 0.25) is 0 Å². The Morgan fingerprint density at radius 1 is 0.902 bits per heavy atom. The lowest BCUT2D eigenvalue weighted by atomic mass is 9.72. The number of piperidine rings is 1. The minimum Gasteiger partial charge on any atom is -0.444 e. The first-order chi connectivity index (χ1) is 29.2. The lowest BCUT2D eigenvalue weighted by Crippen LogP contribution is -2.37. The summed E-state index contributed by atoms with van der Waals surface area (Å²) in [5, 5.41) is 11.1. The van der Waals surface area contributed by atoms with Gasteiger partial charge in [-0.3, -0.25) is 13.9 Å². The van der Waals surface area contributed by atoms with E-state index in [1.807, 2.05) is 74.9 Å². The molecule has 1 aliphatic carbocycles. The zero-order chi connectivity index (χ0) is 43.1. The summed E-state index contributed by atoms with van der Waals surface area (Å²) in [4.78, 5) is 27.7. The smallest absolute Gasteiger partial charge is 0.418 e. The quantitative estimate of drug-likeness (QED) is 0.0953. The van der Waals surface area contributed by atoms with Gasteiger partial charge < -0.3 is 28.8 Å². The molecule has 7 rings (SSSR count). The number of fused-ring (bicyclic) bond motifs is 1. The van der Waals surface area contributed by atoms with E-state index in [1.54, 1.807) is 18.6 Å². The number of carbonyl (C=O) groups excluding carboxylic acids is 1. The highest BCUT2D eigenvalue weighted by atomic mass is 19.4. The number of hydrogen-bond donors (Lipinski definition) is 1. The molecular formula is C45H56F3N7O6. The zero-order valence-electron chi connectivity index (χ0n) is 35.3. The van der Waals surface area contributed by atoms with E-state index >= 15 is 0 Å². The maximum atomic E-state index is 14.6. The molecule has 13 nitrogen and oxygen atoms in total. The molecule has 5 aromatic rings. The molecular weight excluding hydrogens is 792 g/mol. The number of carbonyl (C=O) groups is 1. The summed E-state index contributed by atoms with van der Waals surface area (Å²) in [5.74, 6) is 1.16. The van der Waals surface area contributed by atoms with Crippen molar-refractivity contribution in [3.63, 3.8) is 0 Å². The molecule has 0 radical (unpaired) electrons. The molecule has 61 heavy (non-hydrogen) atoms. The summed E-state index contributed by atoms with van der Waals surface area (Å²) < 4.78 is 70.8. The maximum Gasteiger partial charge on any atom is 0.418 e. The summed E-state index contributed by atoms with van der Waals surface area (Å²) in [7, 11) is 1.90. The Labute approximate surface area is 353 Å². The van der Waals surface area contributed by atoms with Crippen molar-refractivity contribution >= 4 is 11.6 Å². The Morgan fingerprint density at radius 2 is 1.61 bits per heavy atom. The predicted molar refractivity (Wildman–Crippen MR) is 222 cm³/mol. The standard InChI is InChI=1S/C45H56F3N7O6/c1-44(2,3)61-42(56)49-17-20-58-28-31-11-13-32(14-12-31)29-59-21-22-60-37-15-18-53(19-16-37)25-33-23-38(45(46,47)48)39-27-54(43(57)55(39)26-33)36-10-6-9-35(24-36)40(34-7-5-8-34)41-51-50-30-52(41)4/h6,9-14,23-24,26-27,30,34,37,40H,5,7-8,15-22,25,28-29H2,1-4H3,(H,49,56)/t40-/m0/s1. The number of nitrogens with one attached hydrogen (secondary N) is 1. The van der Waals surface area contributed by atoms with Crippen LogP contribution in [0.1, 0.15) is 92.4 Å². The number of aryl methyl sites for hydroxylation is 1. The van der Waals surface area contributed by atoms with E-state index in [0.717, 1.165) is 59.0 Å². The van der Waals surface area contributed by atoms with Crippen molar-refractivity contribution < 1.29 is 36.9 Å². The Morgan fingerprint density at radius 3 is 2.23 bits per heavy atom. The Bertz CT molecular complexity index is 2290. The van der Waals surface area contributed by atoms with E-state index in [4.69, 9.17) is 18.9 Å². The van der Waals surface area contributed by atoms with Gasteiger partial charge in [0.1, 0.15) is 17.8 Å². The van der Waals surface area contributed by atoms with Crippen molar-refractivity contribution in [3.05, 3.63) is 117 Å². The fourth-order valence-corrected chi connectivity index (χ4v) is 8.01. The fraction of sp³-hybridized carbons (Fsp3) is 0.511. The van der Waals surface area contributed by atoms with Gasteiger partial charge in [0.05, 0.1) is 55.9 Å². The second kappa shape index (κ2) is 19.3. The van der Waals surface area contributed by atoms with Crippen molar-refractivity contribution in [2.75, 3.05) is 39.5 Å². The number of imidazole rings is 1.